The van der Waals surface area contributed by atoms with Gasteiger partial charge in [-0.05, 0) is 65.1 Å². The van der Waals surface area contributed by atoms with Crippen LogP contribution in [-0.4, -0.2) is 52.8 Å². The summed E-state index contributed by atoms with van der Waals surface area (Å²) in [5.41, 5.74) is 2.08. The topological polar surface area (TPSA) is 74.3 Å². The molecule has 0 aliphatic carbocycles. The molecular weight excluding hydrogens is 486 g/mol. The molecule has 3 aromatic rings. The zero-order valence-electron chi connectivity index (χ0n) is 20.0. The van der Waals surface area contributed by atoms with E-state index in [9.17, 15) is 8.42 Å². The summed E-state index contributed by atoms with van der Waals surface area (Å²) in [5.74, 6) is 1.43. The predicted octanol–water partition coefficient (Wildman–Crippen LogP) is 4.76. The van der Waals surface area contributed by atoms with E-state index in [1.54, 1.807) is 23.5 Å². The molecule has 4 rings (SSSR count). The lowest BCUT2D eigenvalue weighted by Crippen LogP contribution is -2.37. The van der Waals surface area contributed by atoms with Gasteiger partial charge in [0.15, 0.2) is 0 Å². The van der Waals surface area contributed by atoms with E-state index in [0.717, 1.165) is 24.8 Å². The summed E-state index contributed by atoms with van der Waals surface area (Å²) in [4.78, 5) is 0.0699. The lowest BCUT2D eigenvalue weighted by atomic mass is 10.2. The zero-order chi connectivity index (χ0) is 24.7. The standard InChI is InChI=1S/C26H31NO6S2/c1-30-22-8-9-25(31-2)26(16-22)35(28,29)27(18-24-7-4-12-32-24)17-21-5-3-6-23(15-21)33-13-10-20-11-14-34-19-20/h3,5-6,8-9,11,14-16,19,24H,4,7,10,12-13,17-18H2,1-2H3/t24-/m1/s1. The van der Waals surface area contributed by atoms with Gasteiger partial charge in [0.2, 0.25) is 10.0 Å². The molecule has 2 aromatic carbocycles. The summed E-state index contributed by atoms with van der Waals surface area (Å²) in [6.07, 6.45) is 2.43. The second-order valence-electron chi connectivity index (χ2n) is 8.33. The van der Waals surface area contributed by atoms with Gasteiger partial charge in [0.25, 0.3) is 0 Å². The third-order valence-electron chi connectivity index (χ3n) is 5.92. The van der Waals surface area contributed by atoms with Gasteiger partial charge in [-0.2, -0.15) is 15.6 Å². The molecule has 0 radical (unpaired) electrons. The van der Waals surface area contributed by atoms with Crippen LogP contribution in [0.5, 0.6) is 17.2 Å². The lowest BCUT2D eigenvalue weighted by molar-refractivity contribution is 0.0925. The first kappa shape index (κ1) is 25.5. The van der Waals surface area contributed by atoms with Gasteiger partial charge in [0.1, 0.15) is 22.1 Å². The fourth-order valence-corrected chi connectivity index (χ4v) is 6.38. The first-order valence-electron chi connectivity index (χ1n) is 11.6. The Morgan fingerprint density at radius 2 is 1.94 bits per heavy atom. The Balaban J connectivity index is 1.56. The van der Waals surface area contributed by atoms with E-state index in [2.05, 4.69) is 16.8 Å². The molecule has 1 saturated heterocycles. The lowest BCUT2D eigenvalue weighted by Gasteiger charge is -2.26. The van der Waals surface area contributed by atoms with Crippen molar-refractivity contribution in [3.63, 3.8) is 0 Å². The minimum Gasteiger partial charge on any atom is -0.497 e. The highest BCUT2D eigenvalue weighted by atomic mass is 32.2. The van der Waals surface area contributed by atoms with E-state index < -0.39 is 10.0 Å². The van der Waals surface area contributed by atoms with Crippen LogP contribution in [0, 0.1) is 0 Å². The summed E-state index contributed by atoms with van der Waals surface area (Å²) < 4.78 is 51.6. The molecule has 0 saturated carbocycles. The van der Waals surface area contributed by atoms with Crippen molar-refractivity contribution in [1.29, 1.82) is 0 Å². The number of nitrogens with zero attached hydrogens (tertiary/aromatic N) is 1. The van der Waals surface area contributed by atoms with Gasteiger partial charge in [-0.25, -0.2) is 8.42 Å². The molecule has 1 atom stereocenters. The molecule has 0 bridgehead atoms. The third kappa shape index (κ3) is 6.55. The molecule has 0 unspecified atom stereocenters. The summed E-state index contributed by atoms with van der Waals surface area (Å²) >= 11 is 1.67. The molecule has 35 heavy (non-hydrogen) atoms. The Labute approximate surface area is 211 Å². The first-order chi connectivity index (χ1) is 17.0. The van der Waals surface area contributed by atoms with Gasteiger partial charge in [0, 0.05) is 32.2 Å². The molecule has 1 aliphatic rings. The maximum absolute atomic E-state index is 13.9. The highest BCUT2D eigenvalue weighted by Crippen LogP contribution is 2.32. The number of sulfonamides is 1. The highest BCUT2D eigenvalue weighted by Gasteiger charge is 2.32. The summed E-state index contributed by atoms with van der Waals surface area (Å²) in [6, 6.07) is 14.5. The van der Waals surface area contributed by atoms with Gasteiger partial charge >= 0.3 is 0 Å². The van der Waals surface area contributed by atoms with Crippen LogP contribution in [0.25, 0.3) is 0 Å². The van der Waals surface area contributed by atoms with Crippen LogP contribution in [0.15, 0.2) is 64.2 Å². The number of methoxy groups -OCH3 is 2. The molecular formula is C26H31NO6S2. The Kier molecular flexibility index (Phi) is 8.67. The van der Waals surface area contributed by atoms with Gasteiger partial charge in [0.05, 0.1) is 26.9 Å². The Hall–Kier alpha value is -2.59. The maximum atomic E-state index is 13.9. The molecule has 0 spiro atoms. The molecule has 7 nitrogen and oxygen atoms in total. The second kappa shape index (κ2) is 11.9. The van der Waals surface area contributed by atoms with Crippen LogP contribution < -0.4 is 14.2 Å². The summed E-state index contributed by atoms with van der Waals surface area (Å²) in [7, 11) is -0.946. The fourth-order valence-electron chi connectivity index (χ4n) is 4.05. The fraction of sp³-hybridized carbons (Fsp3) is 0.385. The Morgan fingerprint density at radius 3 is 2.66 bits per heavy atom. The van der Waals surface area contributed by atoms with E-state index in [-0.39, 0.29) is 29.8 Å². The SMILES string of the molecule is COc1ccc(OC)c(S(=O)(=O)N(Cc2cccc(OCCc3ccsc3)c2)C[C@H]2CCCO2)c1. The molecule has 188 valence electrons. The van der Waals surface area contributed by atoms with Crippen LogP contribution >= 0.6 is 11.3 Å². The molecule has 0 amide bonds. The third-order valence-corrected chi connectivity index (χ3v) is 8.48. The van der Waals surface area contributed by atoms with Gasteiger partial charge in [-0.1, -0.05) is 12.1 Å². The summed E-state index contributed by atoms with van der Waals surface area (Å²) in [6.45, 7) is 1.64. The van der Waals surface area contributed by atoms with E-state index in [1.165, 1.54) is 30.2 Å². The molecule has 0 N–H and O–H groups in total. The number of ether oxygens (including phenoxy) is 4. The molecule has 1 fully saturated rings. The number of rotatable bonds is 12. The number of benzene rings is 2. The minimum atomic E-state index is -3.91. The minimum absolute atomic E-state index is 0.0699. The molecule has 2 heterocycles. The average molecular weight is 518 g/mol. The van der Waals surface area contributed by atoms with Crippen molar-refractivity contribution in [3.8, 4) is 17.2 Å². The quantitative estimate of drug-likeness (QED) is 0.345. The van der Waals surface area contributed by atoms with E-state index >= 15 is 0 Å². The zero-order valence-corrected chi connectivity index (χ0v) is 21.6. The smallest absolute Gasteiger partial charge is 0.247 e. The van der Waals surface area contributed by atoms with Crippen molar-refractivity contribution in [1.82, 2.24) is 4.31 Å². The molecule has 1 aromatic heterocycles. The number of hydrogen-bond acceptors (Lipinski definition) is 7. The predicted molar refractivity (Wildman–Crippen MR) is 136 cm³/mol. The van der Waals surface area contributed by atoms with Gasteiger partial charge < -0.3 is 18.9 Å². The van der Waals surface area contributed by atoms with Crippen LogP contribution in [0.2, 0.25) is 0 Å². The van der Waals surface area contributed by atoms with Crippen molar-refractivity contribution in [2.75, 3.05) is 34.0 Å². The molecule has 9 heteroatoms. The van der Waals surface area contributed by atoms with Crippen molar-refractivity contribution in [3.05, 3.63) is 70.4 Å². The van der Waals surface area contributed by atoms with E-state index in [0.29, 0.717) is 24.7 Å². The van der Waals surface area contributed by atoms with E-state index in [4.69, 9.17) is 18.9 Å². The molecule has 1 aliphatic heterocycles. The number of thiophene rings is 1. The van der Waals surface area contributed by atoms with Crippen LogP contribution in [0.3, 0.4) is 0 Å². The second-order valence-corrected chi connectivity index (χ2v) is 11.0. The van der Waals surface area contributed by atoms with Crippen molar-refractivity contribution in [2.24, 2.45) is 0 Å². The van der Waals surface area contributed by atoms with Gasteiger partial charge in [-0.3, -0.25) is 0 Å². The monoisotopic (exact) mass is 517 g/mol. The van der Waals surface area contributed by atoms with Crippen LogP contribution in [-0.2, 0) is 27.7 Å². The number of hydrogen-bond donors (Lipinski definition) is 0. The normalized spacial score (nSPS) is 15.9. The van der Waals surface area contributed by atoms with Crippen LogP contribution in [0.4, 0.5) is 0 Å². The first-order valence-corrected chi connectivity index (χ1v) is 13.9. The van der Waals surface area contributed by atoms with E-state index in [1.807, 2.05) is 24.3 Å². The maximum Gasteiger partial charge on any atom is 0.247 e. The largest absolute Gasteiger partial charge is 0.497 e. The van der Waals surface area contributed by atoms with Crippen molar-refractivity contribution < 1.29 is 27.4 Å². The van der Waals surface area contributed by atoms with Gasteiger partial charge in [-0.15, -0.1) is 0 Å². The van der Waals surface area contributed by atoms with Crippen molar-refractivity contribution >= 4 is 21.4 Å². The average Bonchev–Trinajstić information content (AvgIpc) is 3.58. The Morgan fingerprint density at radius 1 is 1.06 bits per heavy atom. The van der Waals surface area contributed by atoms with Crippen molar-refractivity contribution in [2.45, 2.75) is 36.8 Å². The van der Waals surface area contributed by atoms with Crippen LogP contribution in [0.1, 0.15) is 24.0 Å². The highest BCUT2D eigenvalue weighted by molar-refractivity contribution is 7.89. The summed E-state index contributed by atoms with van der Waals surface area (Å²) in [5, 5.41) is 4.16. The Bertz CT molecular complexity index is 1190.